The SMILES string of the molecule is O=C(Nc1cc(Cl)ccc1O)[C@H]1CC12CCS(=O)(=O)CC2. The smallest absolute Gasteiger partial charge is 0.228 e. The van der Waals surface area contributed by atoms with Gasteiger partial charge in [0, 0.05) is 10.9 Å². The molecule has 7 heteroatoms. The molecule has 1 aliphatic carbocycles. The number of amides is 1. The monoisotopic (exact) mass is 329 g/mol. The second kappa shape index (κ2) is 4.88. The summed E-state index contributed by atoms with van der Waals surface area (Å²) in [4.78, 5) is 12.3. The first kappa shape index (κ1) is 14.7. The van der Waals surface area contributed by atoms with Crippen LogP contribution in [0.25, 0.3) is 0 Å². The zero-order valence-electron chi connectivity index (χ0n) is 11.3. The average Bonchev–Trinajstić information content (AvgIpc) is 3.13. The van der Waals surface area contributed by atoms with Gasteiger partial charge in [0.2, 0.25) is 5.91 Å². The minimum atomic E-state index is -2.92. The molecule has 1 spiro atoms. The molecule has 1 atom stereocenters. The fourth-order valence-electron chi connectivity index (χ4n) is 3.04. The number of hydrogen-bond donors (Lipinski definition) is 2. The van der Waals surface area contributed by atoms with Crippen LogP contribution in [0, 0.1) is 11.3 Å². The van der Waals surface area contributed by atoms with Gasteiger partial charge >= 0.3 is 0 Å². The molecule has 1 aromatic carbocycles. The van der Waals surface area contributed by atoms with Crippen LogP contribution >= 0.6 is 11.6 Å². The van der Waals surface area contributed by atoms with E-state index in [4.69, 9.17) is 11.6 Å². The summed E-state index contributed by atoms with van der Waals surface area (Å²) in [5.74, 6) is -0.0507. The molecule has 21 heavy (non-hydrogen) atoms. The summed E-state index contributed by atoms with van der Waals surface area (Å²) < 4.78 is 22.9. The number of halogens is 1. The molecule has 0 radical (unpaired) electrons. The van der Waals surface area contributed by atoms with Crippen LogP contribution in [-0.2, 0) is 14.6 Å². The number of sulfone groups is 1. The van der Waals surface area contributed by atoms with Gasteiger partial charge in [0.05, 0.1) is 17.2 Å². The van der Waals surface area contributed by atoms with Gasteiger partial charge in [-0.2, -0.15) is 0 Å². The van der Waals surface area contributed by atoms with Crippen LogP contribution in [0.5, 0.6) is 5.75 Å². The van der Waals surface area contributed by atoms with Gasteiger partial charge in [-0.25, -0.2) is 8.42 Å². The maximum Gasteiger partial charge on any atom is 0.228 e. The Balaban J connectivity index is 1.67. The molecule has 114 valence electrons. The molecule has 2 N–H and O–H groups in total. The van der Waals surface area contributed by atoms with Gasteiger partial charge in [-0.15, -0.1) is 0 Å². The van der Waals surface area contributed by atoms with Crippen molar-refractivity contribution in [1.29, 1.82) is 0 Å². The number of hydrogen-bond acceptors (Lipinski definition) is 4. The second-order valence-corrected chi connectivity index (χ2v) is 8.66. The quantitative estimate of drug-likeness (QED) is 0.815. The molecule has 5 nitrogen and oxygen atoms in total. The number of rotatable bonds is 2. The Morgan fingerprint density at radius 1 is 1.33 bits per heavy atom. The molecule has 1 saturated carbocycles. The molecule has 3 rings (SSSR count). The minimum absolute atomic E-state index is 0.0336. The van der Waals surface area contributed by atoms with Crippen molar-refractivity contribution in [3.05, 3.63) is 23.2 Å². The van der Waals surface area contributed by atoms with Crippen molar-refractivity contribution < 1.29 is 18.3 Å². The molecular formula is C14H16ClNO4S. The highest BCUT2D eigenvalue weighted by Crippen LogP contribution is 2.60. The van der Waals surface area contributed by atoms with Gasteiger partial charge < -0.3 is 10.4 Å². The number of carbonyl (C=O) groups is 1. The van der Waals surface area contributed by atoms with Crippen molar-refractivity contribution in [1.82, 2.24) is 0 Å². The molecular weight excluding hydrogens is 314 g/mol. The fraction of sp³-hybridized carbons (Fsp3) is 0.500. The number of phenols is 1. The Kier molecular flexibility index (Phi) is 3.41. The maximum absolute atomic E-state index is 12.3. The standard InChI is InChI=1S/C14H16ClNO4S/c15-9-1-2-12(17)11(7-9)16-13(18)10-8-14(10)3-5-21(19,20)6-4-14/h1-2,7,10,17H,3-6,8H2,(H,16,18)/t10-/m1/s1. The van der Waals surface area contributed by atoms with Gasteiger partial charge in [-0.3, -0.25) is 4.79 Å². The van der Waals surface area contributed by atoms with Gasteiger partial charge in [0.25, 0.3) is 0 Å². The Morgan fingerprint density at radius 3 is 2.67 bits per heavy atom. The van der Waals surface area contributed by atoms with Gasteiger partial charge in [-0.05, 0) is 42.9 Å². The van der Waals surface area contributed by atoms with Crippen molar-refractivity contribution in [3.63, 3.8) is 0 Å². The molecule has 1 heterocycles. The molecule has 1 saturated heterocycles. The summed E-state index contributed by atoms with van der Waals surface area (Å²) >= 11 is 5.84. The Labute approximate surface area is 128 Å². The Morgan fingerprint density at radius 2 is 2.00 bits per heavy atom. The van der Waals surface area contributed by atoms with Gasteiger partial charge in [-0.1, -0.05) is 11.6 Å². The highest BCUT2D eigenvalue weighted by molar-refractivity contribution is 7.91. The summed E-state index contributed by atoms with van der Waals surface area (Å²) in [5, 5.41) is 12.8. The number of benzene rings is 1. The van der Waals surface area contributed by atoms with E-state index in [1.165, 1.54) is 18.2 Å². The van der Waals surface area contributed by atoms with Crippen LogP contribution in [0.2, 0.25) is 5.02 Å². The molecule has 1 aliphatic heterocycles. The average molecular weight is 330 g/mol. The van der Waals surface area contributed by atoms with Crippen molar-refractivity contribution in [2.24, 2.45) is 11.3 Å². The van der Waals surface area contributed by atoms with Crippen LogP contribution in [0.1, 0.15) is 19.3 Å². The zero-order valence-corrected chi connectivity index (χ0v) is 12.9. The fourth-order valence-corrected chi connectivity index (χ4v) is 4.86. The van der Waals surface area contributed by atoms with E-state index >= 15 is 0 Å². The predicted molar refractivity (Wildman–Crippen MR) is 80.2 cm³/mol. The first-order chi connectivity index (χ1) is 9.81. The molecule has 0 aromatic heterocycles. The summed E-state index contributed by atoms with van der Waals surface area (Å²) in [6.45, 7) is 0. The van der Waals surface area contributed by atoms with E-state index in [0.29, 0.717) is 17.9 Å². The Hall–Kier alpha value is -1.27. The lowest BCUT2D eigenvalue weighted by Crippen LogP contribution is -2.28. The zero-order chi connectivity index (χ0) is 15.3. The number of carbonyl (C=O) groups excluding carboxylic acids is 1. The summed E-state index contributed by atoms with van der Waals surface area (Å²) in [5.41, 5.74) is 0.127. The van der Waals surface area contributed by atoms with E-state index in [-0.39, 0.29) is 40.2 Å². The van der Waals surface area contributed by atoms with Crippen molar-refractivity contribution in [3.8, 4) is 5.75 Å². The highest BCUT2D eigenvalue weighted by Gasteiger charge is 2.59. The van der Waals surface area contributed by atoms with Crippen LogP contribution < -0.4 is 5.32 Å². The molecule has 0 bridgehead atoms. The molecule has 2 aliphatic rings. The normalized spacial score (nSPS) is 25.5. The number of phenolic OH excluding ortho intramolecular Hbond substituents is 1. The second-order valence-electron chi connectivity index (χ2n) is 5.92. The van der Waals surface area contributed by atoms with Gasteiger partial charge in [0.15, 0.2) is 0 Å². The molecule has 2 fully saturated rings. The number of anilines is 1. The maximum atomic E-state index is 12.3. The van der Waals surface area contributed by atoms with Crippen molar-refractivity contribution >= 4 is 33.0 Å². The van der Waals surface area contributed by atoms with Crippen LogP contribution in [-0.4, -0.2) is 30.9 Å². The topological polar surface area (TPSA) is 83.5 Å². The van der Waals surface area contributed by atoms with Crippen LogP contribution in [0.15, 0.2) is 18.2 Å². The number of aromatic hydroxyl groups is 1. The van der Waals surface area contributed by atoms with E-state index in [0.717, 1.165) is 6.42 Å². The lowest BCUT2D eigenvalue weighted by atomic mass is 9.96. The van der Waals surface area contributed by atoms with E-state index in [9.17, 15) is 18.3 Å². The third kappa shape index (κ3) is 2.87. The van der Waals surface area contributed by atoms with Crippen molar-refractivity contribution in [2.75, 3.05) is 16.8 Å². The highest BCUT2D eigenvalue weighted by atomic mass is 35.5. The number of nitrogens with one attached hydrogen (secondary N) is 1. The summed E-state index contributed by atoms with van der Waals surface area (Å²) in [6.07, 6.45) is 1.82. The third-order valence-electron chi connectivity index (χ3n) is 4.54. The first-order valence-corrected chi connectivity index (χ1v) is 9.01. The molecule has 1 aromatic rings. The lowest BCUT2D eigenvalue weighted by molar-refractivity contribution is -0.118. The van der Waals surface area contributed by atoms with Gasteiger partial charge in [0.1, 0.15) is 15.6 Å². The first-order valence-electron chi connectivity index (χ1n) is 6.81. The largest absolute Gasteiger partial charge is 0.506 e. The Bertz CT molecular complexity index is 687. The third-order valence-corrected chi connectivity index (χ3v) is 6.43. The summed E-state index contributed by atoms with van der Waals surface area (Å²) in [6, 6.07) is 4.46. The van der Waals surface area contributed by atoms with Crippen LogP contribution in [0.4, 0.5) is 5.69 Å². The minimum Gasteiger partial charge on any atom is -0.506 e. The van der Waals surface area contributed by atoms with E-state index in [1.807, 2.05) is 0 Å². The molecule has 1 amide bonds. The predicted octanol–water partition coefficient (Wildman–Crippen LogP) is 2.20. The van der Waals surface area contributed by atoms with E-state index in [2.05, 4.69) is 5.32 Å². The van der Waals surface area contributed by atoms with E-state index in [1.54, 1.807) is 0 Å². The lowest BCUT2D eigenvalue weighted by Gasteiger charge is -2.22. The van der Waals surface area contributed by atoms with E-state index < -0.39 is 9.84 Å². The summed E-state index contributed by atoms with van der Waals surface area (Å²) in [7, 11) is -2.92. The van der Waals surface area contributed by atoms with Crippen molar-refractivity contribution in [2.45, 2.75) is 19.3 Å². The van der Waals surface area contributed by atoms with Crippen LogP contribution in [0.3, 0.4) is 0 Å². The molecule has 0 unspecified atom stereocenters.